The first-order valence-electron chi connectivity index (χ1n) is 4.93. The fourth-order valence-electron chi connectivity index (χ4n) is 1.77. The maximum atomic E-state index is 11.2. The van der Waals surface area contributed by atoms with Gasteiger partial charge in [0, 0.05) is 0 Å². The molecule has 1 saturated heterocycles. The number of carbonyl (C=O) groups excluding carboxylic acids is 1. The Morgan fingerprint density at radius 2 is 2.53 bits per heavy atom. The molecule has 1 fully saturated rings. The number of H-pyrrole nitrogens is 1. The van der Waals surface area contributed by atoms with Gasteiger partial charge in [0.1, 0.15) is 11.5 Å². The van der Waals surface area contributed by atoms with Gasteiger partial charge >= 0.3 is 5.97 Å². The lowest BCUT2D eigenvalue weighted by atomic mass is 10.1. The zero-order valence-electron chi connectivity index (χ0n) is 8.87. The van der Waals surface area contributed by atoms with E-state index in [0.717, 1.165) is 18.0 Å². The second-order valence-electron chi connectivity index (χ2n) is 3.82. The molecule has 1 unspecified atom stereocenters. The zero-order valence-corrected chi connectivity index (χ0v) is 9.69. The van der Waals surface area contributed by atoms with Gasteiger partial charge in [-0.2, -0.15) is 0 Å². The monoisotopic (exact) mass is 226 g/mol. The van der Waals surface area contributed by atoms with E-state index in [1.54, 1.807) is 6.20 Å². The highest BCUT2D eigenvalue weighted by atomic mass is 32.2. The van der Waals surface area contributed by atoms with Gasteiger partial charge in [0.25, 0.3) is 0 Å². The van der Waals surface area contributed by atoms with Crippen molar-refractivity contribution in [1.82, 2.24) is 9.97 Å². The second-order valence-corrected chi connectivity index (χ2v) is 5.42. The van der Waals surface area contributed by atoms with Gasteiger partial charge in [-0.15, -0.1) is 11.8 Å². The van der Waals surface area contributed by atoms with Gasteiger partial charge in [0.2, 0.25) is 0 Å². The molecule has 4 nitrogen and oxygen atoms in total. The lowest BCUT2D eigenvalue weighted by Gasteiger charge is -2.19. The first-order valence-corrected chi connectivity index (χ1v) is 5.92. The fourth-order valence-corrected chi connectivity index (χ4v) is 3.04. The van der Waals surface area contributed by atoms with Crippen molar-refractivity contribution < 1.29 is 9.53 Å². The van der Waals surface area contributed by atoms with Crippen LogP contribution in [0.1, 0.15) is 36.1 Å². The Bertz CT molecular complexity index is 369. The summed E-state index contributed by atoms with van der Waals surface area (Å²) in [6, 6.07) is 0. The van der Waals surface area contributed by atoms with Crippen molar-refractivity contribution in [2.24, 2.45) is 0 Å². The highest BCUT2D eigenvalue weighted by molar-refractivity contribution is 8.00. The predicted molar refractivity (Wildman–Crippen MR) is 59.0 cm³/mol. The van der Waals surface area contributed by atoms with Crippen LogP contribution in [0.2, 0.25) is 0 Å². The molecule has 0 aromatic carbocycles. The van der Waals surface area contributed by atoms with E-state index >= 15 is 0 Å². The summed E-state index contributed by atoms with van der Waals surface area (Å²) in [5.41, 5.74) is 0.432. The SMILES string of the molecule is COC(=O)c1cnc(C2(C)CCCS2)[nH]1. The lowest BCUT2D eigenvalue weighted by molar-refractivity contribution is 0.0594. The Labute approximate surface area is 92.8 Å². The minimum absolute atomic E-state index is 0.0340. The van der Waals surface area contributed by atoms with Crippen molar-refractivity contribution in [2.45, 2.75) is 24.5 Å². The fraction of sp³-hybridized carbons (Fsp3) is 0.600. The highest BCUT2D eigenvalue weighted by Crippen LogP contribution is 2.44. The maximum absolute atomic E-state index is 11.2. The number of imidazole rings is 1. The average Bonchev–Trinajstić information content (AvgIpc) is 2.85. The van der Waals surface area contributed by atoms with Crippen molar-refractivity contribution in [1.29, 1.82) is 0 Å². The van der Waals surface area contributed by atoms with Crippen molar-refractivity contribution >= 4 is 17.7 Å². The van der Waals surface area contributed by atoms with Crippen LogP contribution in [0.4, 0.5) is 0 Å². The van der Waals surface area contributed by atoms with Crippen LogP contribution in [-0.4, -0.2) is 28.8 Å². The molecule has 0 aliphatic carbocycles. The standard InChI is InChI=1S/C10H14N2O2S/c1-10(4-3-5-15-10)9-11-6-7(12-9)8(13)14-2/h6H,3-5H2,1-2H3,(H,11,12). The summed E-state index contributed by atoms with van der Waals surface area (Å²) in [5.74, 6) is 1.68. The Hall–Kier alpha value is -0.970. The van der Waals surface area contributed by atoms with Gasteiger partial charge < -0.3 is 9.72 Å². The Kier molecular flexibility index (Phi) is 2.73. The molecule has 1 aromatic heterocycles. The van der Waals surface area contributed by atoms with Crippen molar-refractivity contribution in [3.05, 3.63) is 17.7 Å². The van der Waals surface area contributed by atoms with Gasteiger partial charge in [0.05, 0.1) is 18.1 Å². The number of carbonyl (C=O) groups is 1. The minimum Gasteiger partial charge on any atom is -0.464 e. The summed E-state index contributed by atoms with van der Waals surface area (Å²) in [5, 5.41) is 0. The molecular weight excluding hydrogens is 212 g/mol. The molecule has 82 valence electrons. The van der Waals surface area contributed by atoms with E-state index in [2.05, 4.69) is 21.6 Å². The van der Waals surface area contributed by atoms with Crippen LogP contribution in [0.15, 0.2) is 6.20 Å². The van der Waals surface area contributed by atoms with Crippen LogP contribution in [0, 0.1) is 0 Å². The molecule has 1 aromatic rings. The number of rotatable bonds is 2. The summed E-state index contributed by atoms with van der Waals surface area (Å²) in [4.78, 5) is 18.5. The summed E-state index contributed by atoms with van der Waals surface area (Å²) in [7, 11) is 1.37. The molecule has 1 N–H and O–H groups in total. The third-order valence-electron chi connectivity index (χ3n) is 2.70. The van der Waals surface area contributed by atoms with E-state index in [1.807, 2.05) is 11.8 Å². The molecule has 2 heterocycles. The van der Waals surface area contributed by atoms with Crippen LogP contribution in [0.5, 0.6) is 0 Å². The molecule has 5 heteroatoms. The number of nitrogens with one attached hydrogen (secondary N) is 1. The number of thioether (sulfide) groups is 1. The first-order chi connectivity index (χ1) is 7.15. The number of methoxy groups -OCH3 is 1. The Balaban J connectivity index is 2.23. The Morgan fingerprint density at radius 1 is 1.73 bits per heavy atom. The van der Waals surface area contributed by atoms with Crippen LogP contribution in [0.25, 0.3) is 0 Å². The van der Waals surface area contributed by atoms with Gasteiger partial charge in [-0.1, -0.05) is 0 Å². The third-order valence-corrected chi connectivity index (χ3v) is 4.23. The molecule has 15 heavy (non-hydrogen) atoms. The normalized spacial score (nSPS) is 25.5. The maximum Gasteiger partial charge on any atom is 0.356 e. The number of aromatic amines is 1. The van der Waals surface area contributed by atoms with Gasteiger partial charge in [-0.3, -0.25) is 0 Å². The molecule has 0 saturated carbocycles. The third kappa shape index (κ3) is 1.88. The number of hydrogen-bond acceptors (Lipinski definition) is 4. The van der Waals surface area contributed by atoms with E-state index in [4.69, 9.17) is 0 Å². The first kappa shape index (κ1) is 10.5. The predicted octanol–water partition coefficient (Wildman–Crippen LogP) is 1.94. The van der Waals surface area contributed by atoms with E-state index in [9.17, 15) is 4.79 Å². The smallest absolute Gasteiger partial charge is 0.356 e. The second kappa shape index (κ2) is 3.89. The topological polar surface area (TPSA) is 55.0 Å². The van der Waals surface area contributed by atoms with E-state index < -0.39 is 0 Å². The summed E-state index contributed by atoms with van der Waals surface area (Å²) < 4.78 is 4.66. The minimum atomic E-state index is -0.361. The number of nitrogens with zero attached hydrogens (tertiary/aromatic N) is 1. The molecule has 2 rings (SSSR count). The average molecular weight is 226 g/mol. The molecule has 0 radical (unpaired) electrons. The molecule has 1 aliphatic rings. The number of esters is 1. The molecule has 0 bridgehead atoms. The van der Waals surface area contributed by atoms with Gasteiger partial charge in [0.15, 0.2) is 0 Å². The van der Waals surface area contributed by atoms with Crippen molar-refractivity contribution in [3.8, 4) is 0 Å². The molecule has 0 amide bonds. The molecule has 1 atom stereocenters. The van der Waals surface area contributed by atoms with Gasteiger partial charge in [-0.25, -0.2) is 9.78 Å². The highest BCUT2D eigenvalue weighted by Gasteiger charge is 2.34. The van der Waals surface area contributed by atoms with E-state index in [1.165, 1.54) is 13.5 Å². The van der Waals surface area contributed by atoms with Crippen LogP contribution >= 0.6 is 11.8 Å². The number of ether oxygens (including phenoxy) is 1. The lowest BCUT2D eigenvalue weighted by Crippen LogP contribution is -2.15. The van der Waals surface area contributed by atoms with Crippen LogP contribution in [0.3, 0.4) is 0 Å². The van der Waals surface area contributed by atoms with E-state index in [-0.39, 0.29) is 10.7 Å². The zero-order chi connectivity index (χ0) is 10.9. The van der Waals surface area contributed by atoms with Gasteiger partial charge in [-0.05, 0) is 25.5 Å². The molecule has 1 aliphatic heterocycles. The summed E-state index contributed by atoms with van der Waals surface area (Å²) in [6.45, 7) is 2.16. The number of hydrogen-bond donors (Lipinski definition) is 1. The van der Waals surface area contributed by atoms with Crippen molar-refractivity contribution in [3.63, 3.8) is 0 Å². The number of aromatic nitrogens is 2. The van der Waals surface area contributed by atoms with Crippen LogP contribution < -0.4 is 0 Å². The Morgan fingerprint density at radius 3 is 3.13 bits per heavy atom. The summed E-state index contributed by atoms with van der Waals surface area (Å²) in [6.07, 6.45) is 3.85. The largest absolute Gasteiger partial charge is 0.464 e. The van der Waals surface area contributed by atoms with Crippen LogP contribution in [-0.2, 0) is 9.48 Å². The quantitative estimate of drug-likeness (QED) is 0.783. The van der Waals surface area contributed by atoms with E-state index in [0.29, 0.717) is 5.69 Å². The molecule has 0 spiro atoms. The molecular formula is C10H14N2O2S. The van der Waals surface area contributed by atoms with Crippen molar-refractivity contribution in [2.75, 3.05) is 12.9 Å². The summed E-state index contributed by atoms with van der Waals surface area (Å²) >= 11 is 1.88.